The van der Waals surface area contributed by atoms with Gasteiger partial charge in [-0.05, 0) is 48.9 Å². The van der Waals surface area contributed by atoms with Gasteiger partial charge in [0.05, 0.1) is 13.2 Å². The molecule has 3 rings (SSSR count). The number of ether oxygens (including phenoxy) is 1. The maximum Gasteiger partial charge on any atom is 0.244 e. The van der Waals surface area contributed by atoms with Gasteiger partial charge in [-0.15, -0.1) is 10.2 Å². The number of carbonyl (C=O) groups is 1. The van der Waals surface area contributed by atoms with Gasteiger partial charge in [-0.2, -0.15) is 4.80 Å². The SMILES string of the molecule is COc1ccccc1C(C)NC(=O)Cn1nnc(-c2ccc(F)c(C)c2)n1. The number of methoxy groups -OCH3 is 1. The highest BCUT2D eigenvalue weighted by Gasteiger charge is 2.15. The van der Waals surface area contributed by atoms with Gasteiger partial charge in [-0.3, -0.25) is 4.79 Å². The summed E-state index contributed by atoms with van der Waals surface area (Å²) < 4.78 is 18.7. The molecule has 0 saturated carbocycles. The van der Waals surface area contributed by atoms with E-state index in [0.717, 1.165) is 5.56 Å². The quantitative estimate of drug-likeness (QED) is 0.722. The third-order valence-electron chi connectivity index (χ3n) is 4.14. The van der Waals surface area contributed by atoms with Crippen LogP contribution in [0.15, 0.2) is 42.5 Å². The summed E-state index contributed by atoms with van der Waals surface area (Å²) in [5, 5.41) is 14.9. The molecule has 7 nitrogen and oxygen atoms in total. The van der Waals surface area contributed by atoms with Crippen molar-refractivity contribution in [2.24, 2.45) is 0 Å². The topological polar surface area (TPSA) is 81.9 Å². The van der Waals surface area contributed by atoms with E-state index in [0.29, 0.717) is 22.7 Å². The van der Waals surface area contributed by atoms with Gasteiger partial charge < -0.3 is 10.1 Å². The van der Waals surface area contributed by atoms with E-state index < -0.39 is 0 Å². The van der Waals surface area contributed by atoms with Crippen molar-refractivity contribution >= 4 is 5.91 Å². The van der Waals surface area contributed by atoms with Crippen LogP contribution in [0.2, 0.25) is 0 Å². The second-order valence-electron chi connectivity index (χ2n) is 6.14. The highest BCUT2D eigenvalue weighted by molar-refractivity contribution is 5.76. The molecule has 0 fully saturated rings. The van der Waals surface area contributed by atoms with Crippen LogP contribution in [0.4, 0.5) is 4.39 Å². The third kappa shape index (κ3) is 4.28. The minimum atomic E-state index is -0.296. The van der Waals surface area contributed by atoms with E-state index in [1.807, 2.05) is 31.2 Å². The number of para-hydroxylation sites is 1. The number of aryl methyl sites for hydroxylation is 1. The molecule has 3 aromatic rings. The molecule has 0 bridgehead atoms. The van der Waals surface area contributed by atoms with Gasteiger partial charge >= 0.3 is 0 Å². The summed E-state index contributed by atoms with van der Waals surface area (Å²) in [5.74, 6) is 0.491. The van der Waals surface area contributed by atoms with E-state index >= 15 is 0 Å². The molecule has 0 aliphatic rings. The van der Waals surface area contributed by atoms with E-state index in [4.69, 9.17) is 4.74 Å². The van der Waals surface area contributed by atoms with Crippen LogP contribution >= 0.6 is 0 Å². The minimum absolute atomic E-state index is 0.0767. The summed E-state index contributed by atoms with van der Waals surface area (Å²) in [7, 11) is 1.59. The number of nitrogens with one attached hydrogen (secondary N) is 1. The molecular formula is C19H20FN5O2. The van der Waals surface area contributed by atoms with Crippen LogP contribution in [0.3, 0.4) is 0 Å². The zero-order valence-corrected chi connectivity index (χ0v) is 15.3. The Morgan fingerprint density at radius 1 is 1.30 bits per heavy atom. The Labute approximate surface area is 156 Å². The third-order valence-corrected chi connectivity index (χ3v) is 4.14. The monoisotopic (exact) mass is 369 g/mol. The number of amides is 1. The summed E-state index contributed by atoms with van der Waals surface area (Å²) in [6.07, 6.45) is 0. The summed E-state index contributed by atoms with van der Waals surface area (Å²) in [5.41, 5.74) is 2.01. The van der Waals surface area contributed by atoms with Gasteiger partial charge in [-0.25, -0.2) is 4.39 Å². The lowest BCUT2D eigenvalue weighted by Gasteiger charge is -2.16. The molecular weight excluding hydrogens is 349 g/mol. The highest BCUT2D eigenvalue weighted by atomic mass is 19.1. The van der Waals surface area contributed by atoms with Crippen molar-refractivity contribution in [3.8, 4) is 17.1 Å². The van der Waals surface area contributed by atoms with E-state index in [-0.39, 0.29) is 24.3 Å². The Balaban J connectivity index is 1.66. The Hall–Kier alpha value is -3.29. The smallest absolute Gasteiger partial charge is 0.244 e. The van der Waals surface area contributed by atoms with Crippen LogP contribution in [0, 0.1) is 12.7 Å². The number of hydrogen-bond acceptors (Lipinski definition) is 5. The highest BCUT2D eigenvalue weighted by Crippen LogP contribution is 2.24. The molecule has 0 aliphatic heterocycles. The van der Waals surface area contributed by atoms with Gasteiger partial charge in [0.1, 0.15) is 18.1 Å². The predicted octanol–water partition coefficient (Wildman–Crippen LogP) is 2.67. The molecule has 140 valence electrons. The first-order valence-corrected chi connectivity index (χ1v) is 8.44. The first-order valence-electron chi connectivity index (χ1n) is 8.44. The molecule has 1 atom stereocenters. The summed E-state index contributed by atoms with van der Waals surface area (Å²) in [4.78, 5) is 13.5. The molecule has 0 radical (unpaired) electrons. The zero-order chi connectivity index (χ0) is 19.4. The van der Waals surface area contributed by atoms with Crippen molar-refractivity contribution in [3.05, 3.63) is 59.4 Å². The van der Waals surface area contributed by atoms with Gasteiger partial charge in [0, 0.05) is 11.1 Å². The summed E-state index contributed by atoms with van der Waals surface area (Å²) in [6.45, 7) is 3.46. The van der Waals surface area contributed by atoms with E-state index in [2.05, 4.69) is 20.7 Å². The average molecular weight is 369 g/mol. The van der Waals surface area contributed by atoms with E-state index in [9.17, 15) is 9.18 Å². The number of benzene rings is 2. The van der Waals surface area contributed by atoms with Crippen molar-refractivity contribution in [2.45, 2.75) is 26.4 Å². The molecule has 1 heterocycles. The Bertz CT molecular complexity index is 957. The van der Waals surface area contributed by atoms with Crippen LogP contribution in [0.5, 0.6) is 5.75 Å². The van der Waals surface area contributed by atoms with Crippen molar-refractivity contribution < 1.29 is 13.9 Å². The number of halogens is 1. The standard InChI is InChI=1S/C19H20FN5O2/c1-12-10-14(8-9-16(12)20)19-22-24-25(23-19)11-18(26)21-13(2)15-6-4-5-7-17(15)27-3/h4-10,13H,11H2,1-3H3,(H,21,26). The second kappa shape index (κ2) is 7.94. The lowest BCUT2D eigenvalue weighted by molar-refractivity contribution is -0.122. The Morgan fingerprint density at radius 3 is 2.81 bits per heavy atom. The largest absolute Gasteiger partial charge is 0.496 e. The number of aromatic nitrogens is 4. The normalized spacial score (nSPS) is 11.9. The van der Waals surface area contributed by atoms with E-state index in [1.54, 1.807) is 26.2 Å². The molecule has 1 unspecified atom stereocenters. The Kier molecular flexibility index (Phi) is 5.44. The summed E-state index contributed by atoms with van der Waals surface area (Å²) in [6, 6.07) is 11.8. The lowest BCUT2D eigenvalue weighted by atomic mass is 10.1. The fraction of sp³-hybridized carbons (Fsp3) is 0.263. The first-order chi connectivity index (χ1) is 13.0. The van der Waals surface area contributed by atoms with E-state index in [1.165, 1.54) is 10.9 Å². The van der Waals surface area contributed by atoms with Gasteiger partial charge in [0.2, 0.25) is 11.7 Å². The number of rotatable bonds is 6. The maximum absolute atomic E-state index is 13.4. The van der Waals surface area contributed by atoms with Gasteiger partial charge in [-0.1, -0.05) is 18.2 Å². The zero-order valence-electron chi connectivity index (χ0n) is 15.3. The van der Waals surface area contributed by atoms with Gasteiger partial charge in [0.25, 0.3) is 0 Å². The van der Waals surface area contributed by atoms with Crippen LogP contribution in [-0.4, -0.2) is 33.2 Å². The van der Waals surface area contributed by atoms with Gasteiger partial charge in [0.15, 0.2) is 0 Å². The molecule has 27 heavy (non-hydrogen) atoms. The molecule has 0 spiro atoms. The first kappa shape index (κ1) is 18.5. The van der Waals surface area contributed by atoms with Crippen molar-refractivity contribution in [1.82, 2.24) is 25.5 Å². The van der Waals surface area contributed by atoms with Crippen LogP contribution in [0.25, 0.3) is 11.4 Å². The number of nitrogens with zero attached hydrogens (tertiary/aromatic N) is 4. The predicted molar refractivity (Wildman–Crippen MR) is 97.5 cm³/mol. The summed E-state index contributed by atoms with van der Waals surface area (Å²) >= 11 is 0. The average Bonchev–Trinajstić information content (AvgIpc) is 3.12. The molecule has 1 N–H and O–H groups in total. The Morgan fingerprint density at radius 2 is 2.07 bits per heavy atom. The number of hydrogen-bond donors (Lipinski definition) is 1. The molecule has 0 aliphatic carbocycles. The second-order valence-corrected chi connectivity index (χ2v) is 6.14. The van der Waals surface area contributed by atoms with Crippen molar-refractivity contribution in [1.29, 1.82) is 0 Å². The van der Waals surface area contributed by atoms with Crippen LogP contribution in [-0.2, 0) is 11.3 Å². The maximum atomic E-state index is 13.4. The molecule has 2 aromatic carbocycles. The van der Waals surface area contributed by atoms with Crippen LogP contribution in [0.1, 0.15) is 24.1 Å². The minimum Gasteiger partial charge on any atom is -0.496 e. The molecule has 0 saturated heterocycles. The number of tetrazole rings is 1. The molecule has 1 aromatic heterocycles. The van der Waals surface area contributed by atoms with Crippen molar-refractivity contribution in [2.75, 3.05) is 7.11 Å². The fourth-order valence-corrected chi connectivity index (χ4v) is 2.73. The lowest BCUT2D eigenvalue weighted by Crippen LogP contribution is -2.31. The van der Waals surface area contributed by atoms with Crippen molar-refractivity contribution in [3.63, 3.8) is 0 Å². The fourth-order valence-electron chi connectivity index (χ4n) is 2.73. The molecule has 1 amide bonds. The number of carbonyl (C=O) groups excluding carboxylic acids is 1. The molecule has 8 heteroatoms. The van der Waals surface area contributed by atoms with Crippen LogP contribution < -0.4 is 10.1 Å².